The molecule has 0 aromatic heterocycles. The second-order valence-corrected chi connectivity index (χ2v) is 7.27. The molecule has 0 aromatic carbocycles. The molecule has 2 fully saturated rings. The number of nitrogens with zero attached hydrogens (tertiary/aromatic N) is 1. The van der Waals surface area contributed by atoms with Gasteiger partial charge in [-0.2, -0.15) is 0 Å². The van der Waals surface area contributed by atoms with Crippen LogP contribution in [0.15, 0.2) is 23.9 Å². The summed E-state index contributed by atoms with van der Waals surface area (Å²) in [6.07, 6.45) is 3.85. The van der Waals surface area contributed by atoms with Crippen LogP contribution in [-0.4, -0.2) is 45.9 Å². The summed E-state index contributed by atoms with van der Waals surface area (Å²) in [6, 6.07) is 0. The fourth-order valence-corrected chi connectivity index (χ4v) is 4.08. The van der Waals surface area contributed by atoms with Gasteiger partial charge in [0, 0.05) is 11.7 Å². The van der Waals surface area contributed by atoms with Crippen LogP contribution in [0.25, 0.3) is 0 Å². The summed E-state index contributed by atoms with van der Waals surface area (Å²) >= 11 is 5.84. The summed E-state index contributed by atoms with van der Waals surface area (Å²) in [6.45, 7) is 7.49. The molecule has 2 saturated heterocycles. The van der Waals surface area contributed by atoms with Crippen LogP contribution in [-0.2, 0) is 23.8 Å². The summed E-state index contributed by atoms with van der Waals surface area (Å²) in [7, 11) is 0. The lowest BCUT2D eigenvalue weighted by Crippen LogP contribution is -2.53. The fourth-order valence-electron chi connectivity index (χ4n) is 3.87. The molecule has 7 heteroatoms. The highest BCUT2D eigenvalue weighted by Gasteiger charge is 2.70. The van der Waals surface area contributed by atoms with E-state index in [0.29, 0.717) is 6.42 Å². The van der Waals surface area contributed by atoms with Crippen molar-refractivity contribution >= 4 is 23.3 Å². The van der Waals surface area contributed by atoms with E-state index in [4.69, 9.17) is 25.8 Å². The Bertz CT molecular complexity index is 630. The molecule has 0 aliphatic carbocycles. The van der Waals surface area contributed by atoms with Gasteiger partial charge in [-0.15, -0.1) is 0 Å². The number of amides is 1. The number of rotatable bonds is 3. The second-order valence-electron chi connectivity index (χ2n) is 7.01. The lowest BCUT2D eigenvalue weighted by Gasteiger charge is -2.36. The minimum absolute atomic E-state index is 0.175. The van der Waals surface area contributed by atoms with Crippen LogP contribution in [0.5, 0.6) is 0 Å². The largest absolute Gasteiger partial charge is 0.341 e. The van der Waals surface area contributed by atoms with Gasteiger partial charge in [-0.1, -0.05) is 18.5 Å². The number of fused-ring (bicyclic) bond motifs is 1. The monoisotopic (exact) mass is 355 g/mol. The number of carbonyl (C=O) groups excluding carboxylic acids is 2. The molecule has 0 spiro atoms. The molecule has 3 aliphatic rings. The van der Waals surface area contributed by atoms with E-state index in [9.17, 15) is 9.59 Å². The summed E-state index contributed by atoms with van der Waals surface area (Å²) in [5.74, 6) is -1.36. The van der Waals surface area contributed by atoms with E-state index < -0.39 is 29.3 Å². The first-order valence-electron chi connectivity index (χ1n) is 8.03. The average molecular weight is 356 g/mol. The van der Waals surface area contributed by atoms with E-state index in [-0.39, 0.29) is 18.1 Å². The molecule has 0 radical (unpaired) electrons. The van der Waals surface area contributed by atoms with E-state index in [1.54, 1.807) is 6.08 Å². The molecular weight excluding hydrogens is 334 g/mol. The Balaban J connectivity index is 2.06. The van der Waals surface area contributed by atoms with Crippen LogP contribution in [0.2, 0.25) is 0 Å². The Morgan fingerprint density at radius 1 is 1.33 bits per heavy atom. The van der Waals surface area contributed by atoms with E-state index in [1.807, 2.05) is 27.7 Å². The highest BCUT2D eigenvalue weighted by Crippen LogP contribution is 2.53. The van der Waals surface area contributed by atoms with Gasteiger partial charge in [0.15, 0.2) is 17.8 Å². The zero-order valence-electron chi connectivity index (χ0n) is 14.2. The third-order valence-electron chi connectivity index (χ3n) is 4.84. The number of allylic oxidation sites excluding steroid dienone is 1. The molecule has 24 heavy (non-hydrogen) atoms. The molecule has 1 amide bonds. The second kappa shape index (κ2) is 5.66. The van der Waals surface area contributed by atoms with Crippen LogP contribution < -0.4 is 0 Å². The highest BCUT2D eigenvalue weighted by atomic mass is 35.5. The first-order valence-corrected chi connectivity index (χ1v) is 8.47. The van der Waals surface area contributed by atoms with E-state index >= 15 is 0 Å². The van der Waals surface area contributed by atoms with Crippen molar-refractivity contribution in [2.45, 2.75) is 69.9 Å². The molecule has 132 valence electrons. The quantitative estimate of drug-likeness (QED) is 0.728. The van der Waals surface area contributed by atoms with Gasteiger partial charge >= 0.3 is 0 Å². The van der Waals surface area contributed by atoms with Gasteiger partial charge in [-0.25, -0.2) is 0 Å². The molecule has 0 unspecified atom stereocenters. The van der Waals surface area contributed by atoms with Gasteiger partial charge < -0.3 is 14.2 Å². The first kappa shape index (κ1) is 17.6. The predicted molar refractivity (Wildman–Crippen MR) is 86.9 cm³/mol. The molecule has 3 heterocycles. The maximum absolute atomic E-state index is 12.4. The SMILES string of the molecule is CC[C@@]1(C=CCl)O[C@@H](N2C=CC(=O)CC2=O)[C@]2(C)OC(C)(C)O[C@@H]21. The first-order chi connectivity index (χ1) is 11.2. The molecule has 4 atom stereocenters. The lowest BCUT2D eigenvalue weighted by molar-refractivity contribution is -0.231. The number of carbonyl (C=O) groups is 2. The smallest absolute Gasteiger partial charge is 0.236 e. The Kier molecular flexibility index (Phi) is 4.15. The molecule has 0 aromatic rings. The zero-order valence-corrected chi connectivity index (χ0v) is 15.0. The maximum Gasteiger partial charge on any atom is 0.236 e. The zero-order chi connectivity index (χ0) is 17.8. The van der Waals surface area contributed by atoms with E-state index in [0.717, 1.165) is 0 Å². The summed E-state index contributed by atoms with van der Waals surface area (Å²) in [4.78, 5) is 25.3. The normalized spacial score (nSPS) is 41.5. The Morgan fingerprint density at radius 3 is 2.62 bits per heavy atom. The van der Waals surface area contributed by atoms with Crippen LogP contribution in [0, 0.1) is 0 Å². The van der Waals surface area contributed by atoms with Crippen molar-refractivity contribution in [2.75, 3.05) is 0 Å². The standard InChI is InChI=1S/C17H22ClNO5/c1-5-17(7-8-18)13-16(4,24-15(2,3)22-13)14(23-17)19-9-6-11(20)10-12(19)21/h6-9,13-14H,5,10H2,1-4H3/t13-,14+,16+,17-/m0/s1. The highest BCUT2D eigenvalue weighted by molar-refractivity contribution is 6.25. The predicted octanol–water partition coefficient (Wildman–Crippen LogP) is 2.47. The van der Waals surface area contributed by atoms with Crippen molar-refractivity contribution in [1.29, 1.82) is 0 Å². The van der Waals surface area contributed by atoms with E-state index in [2.05, 4.69) is 0 Å². The minimum Gasteiger partial charge on any atom is -0.341 e. The molecule has 0 saturated carbocycles. The van der Waals surface area contributed by atoms with Crippen molar-refractivity contribution < 1.29 is 23.8 Å². The van der Waals surface area contributed by atoms with Gasteiger partial charge in [0.25, 0.3) is 0 Å². The maximum atomic E-state index is 12.4. The van der Waals surface area contributed by atoms with Gasteiger partial charge in [0.1, 0.15) is 17.3 Å². The summed E-state index contributed by atoms with van der Waals surface area (Å²) in [5.41, 5.74) is -0.306. The Labute approximate surface area is 146 Å². The summed E-state index contributed by atoms with van der Waals surface area (Å²) in [5, 5.41) is 0. The molecule has 6 nitrogen and oxygen atoms in total. The third kappa shape index (κ3) is 2.52. The average Bonchev–Trinajstić information content (AvgIpc) is 2.86. The van der Waals surface area contributed by atoms with Crippen molar-refractivity contribution in [1.82, 2.24) is 4.90 Å². The van der Waals surface area contributed by atoms with E-state index in [1.165, 1.54) is 22.7 Å². The van der Waals surface area contributed by atoms with Crippen molar-refractivity contribution in [3.05, 3.63) is 23.9 Å². The van der Waals surface area contributed by atoms with Gasteiger partial charge in [-0.05, 0) is 39.3 Å². The topological polar surface area (TPSA) is 65.1 Å². The lowest BCUT2D eigenvalue weighted by atomic mass is 9.85. The number of ether oxygens (including phenoxy) is 3. The van der Waals surface area contributed by atoms with Crippen molar-refractivity contribution in [3.63, 3.8) is 0 Å². The molecular formula is C17H22ClNO5. The third-order valence-corrected chi connectivity index (χ3v) is 4.96. The van der Waals surface area contributed by atoms with Gasteiger partial charge in [0.05, 0.1) is 6.42 Å². The van der Waals surface area contributed by atoms with Gasteiger partial charge in [-0.3, -0.25) is 14.5 Å². The van der Waals surface area contributed by atoms with Crippen LogP contribution in [0.4, 0.5) is 0 Å². The molecule has 3 rings (SSSR count). The molecule has 0 N–H and O–H groups in total. The summed E-state index contributed by atoms with van der Waals surface area (Å²) < 4.78 is 18.6. The number of hydrogen-bond acceptors (Lipinski definition) is 5. The number of hydrogen-bond donors (Lipinski definition) is 0. The minimum atomic E-state index is -0.893. The number of ketones is 1. The molecule has 3 aliphatic heterocycles. The number of halogens is 1. The Morgan fingerprint density at radius 2 is 2.04 bits per heavy atom. The fraction of sp³-hybridized carbons (Fsp3) is 0.647. The van der Waals surface area contributed by atoms with Crippen LogP contribution in [0.3, 0.4) is 0 Å². The molecule has 0 bridgehead atoms. The Hall–Kier alpha value is -1.21. The van der Waals surface area contributed by atoms with Crippen molar-refractivity contribution in [2.24, 2.45) is 0 Å². The van der Waals surface area contributed by atoms with Crippen LogP contribution >= 0.6 is 11.6 Å². The van der Waals surface area contributed by atoms with Crippen molar-refractivity contribution in [3.8, 4) is 0 Å². The van der Waals surface area contributed by atoms with Crippen LogP contribution in [0.1, 0.15) is 40.5 Å². The van der Waals surface area contributed by atoms with Gasteiger partial charge in [0.2, 0.25) is 5.91 Å².